The molecule has 0 radical (unpaired) electrons. The van der Waals surface area contributed by atoms with Crippen LogP contribution in [0.25, 0.3) is 0 Å². The molecule has 0 atom stereocenters. The fourth-order valence-electron chi connectivity index (χ4n) is 4.46. The first kappa shape index (κ1) is 19.6. The van der Waals surface area contributed by atoms with Crippen molar-refractivity contribution < 1.29 is 9.59 Å². The molecule has 4 heterocycles. The molecule has 2 aromatic rings. The van der Waals surface area contributed by atoms with Crippen molar-refractivity contribution in [1.82, 2.24) is 24.6 Å². The highest BCUT2D eigenvalue weighted by molar-refractivity contribution is 5.93. The molecule has 0 N–H and O–H groups in total. The SMILES string of the molecule is CC(C)n1cc(C(=O)N2CCC3(CCC(=O)N(Cc4ccncc4)C3)CC2)cn1. The lowest BCUT2D eigenvalue weighted by Crippen LogP contribution is -2.52. The normalized spacial score (nSPS) is 19.2. The average Bonchev–Trinajstić information content (AvgIpc) is 3.23. The molecule has 0 aromatic carbocycles. The number of rotatable bonds is 4. The molecule has 0 unspecified atom stereocenters. The van der Waals surface area contributed by atoms with Crippen LogP contribution in [0.15, 0.2) is 36.9 Å². The monoisotopic (exact) mass is 395 g/mol. The number of hydrogen-bond donors (Lipinski definition) is 0. The predicted molar refractivity (Wildman–Crippen MR) is 109 cm³/mol. The van der Waals surface area contributed by atoms with Crippen LogP contribution in [0.2, 0.25) is 0 Å². The highest BCUT2D eigenvalue weighted by atomic mass is 16.2. The molecule has 29 heavy (non-hydrogen) atoms. The molecule has 2 aliphatic heterocycles. The van der Waals surface area contributed by atoms with Crippen LogP contribution in [-0.2, 0) is 11.3 Å². The van der Waals surface area contributed by atoms with E-state index in [1.54, 1.807) is 18.6 Å². The summed E-state index contributed by atoms with van der Waals surface area (Å²) in [6.45, 7) is 7.00. The number of nitrogens with zero attached hydrogens (tertiary/aromatic N) is 5. The van der Waals surface area contributed by atoms with E-state index < -0.39 is 0 Å². The lowest BCUT2D eigenvalue weighted by Gasteiger charge is -2.47. The maximum atomic E-state index is 12.9. The summed E-state index contributed by atoms with van der Waals surface area (Å²) in [5.74, 6) is 0.291. The van der Waals surface area contributed by atoms with Gasteiger partial charge in [0, 0.05) is 57.2 Å². The van der Waals surface area contributed by atoms with Gasteiger partial charge in [0.1, 0.15) is 0 Å². The Kier molecular flexibility index (Phi) is 5.39. The smallest absolute Gasteiger partial charge is 0.257 e. The minimum Gasteiger partial charge on any atom is -0.339 e. The van der Waals surface area contributed by atoms with Crippen LogP contribution < -0.4 is 0 Å². The molecule has 4 rings (SSSR count). The quantitative estimate of drug-likeness (QED) is 0.798. The fourth-order valence-corrected chi connectivity index (χ4v) is 4.46. The summed E-state index contributed by atoms with van der Waals surface area (Å²) >= 11 is 0. The summed E-state index contributed by atoms with van der Waals surface area (Å²) in [6.07, 6.45) is 10.5. The maximum Gasteiger partial charge on any atom is 0.257 e. The first-order valence-corrected chi connectivity index (χ1v) is 10.5. The molecule has 2 aromatic heterocycles. The largest absolute Gasteiger partial charge is 0.339 e. The van der Waals surface area contributed by atoms with Crippen molar-refractivity contribution in [3.63, 3.8) is 0 Å². The molecule has 0 saturated carbocycles. The standard InChI is InChI=1S/C22H29N5O2/c1-17(2)27-15-19(13-24-27)21(29)25-11-7-22(8-12-25)6-3-20(28)26(16-22)14-18-4-9-23-10-5-18/h4-5,9-10,13,15,17H,3,6-8,11-12,14,16H2,1-2H3. The van der Waals surface area contributed by atoms with Crippen molar-refractivity contribution in [2.24, 2.45) is 5.41 Å². The van der Waals surface area contributed by atoms with Gasteiger partial charge >= 0.3 is 0 Å². The second kappa shape index (κ2) is 7.97. The molecule has 2 aliphatic rings. The maximum absolute atomic E-state index is 12.9. The Morgan fingerprint density at radius 3 is 2.55 bits per heavy atom. The van der Waals surface area contributed by atoms with Crippen molar-refractivity contribution in [1.29, 1.82) is 0 Å². The summed E-state index contributed by atoms with van der Waals surface area (Å²) < 4.78 is 1.82. The fraction of sp³-hybridized carbons (Fsp3) is 0.545. The van der Waals surface area contributed by atoms with E-state index in [4.69, 9.17) is 0 Å². The van der Waals surface area contributed by atoms with Crippen molar-refractivity contribution >= 4 is 11.8 Å². The molecule has 0 aliphatic carbocycles. The highest BCUT2D eigenvalue weighted by Crippen LogP contribution is 2.40. The Balaban J connectivity index is 1.38. The molecular weight excluding hydrogens is 366 g/mol. The summed E-state index contributed by atoms with van der Waals surface area (Å²) in [5.41, 5.74) is 1.90. The number of piperidine rings is 2. The van der Waals surface area contributed by atoms with Crippen molar-refractivity contribution in [3.05, 3.63) is 48.0 Å². The number of carbonyl (C=O) groups excluding carboxylic acids is 2. The van der Waals surface area contributed by atoms with E-state index in [1.807, 2.05) is 46.7 Å². The van der Waals surface area contributed by atoms with Gasteiger partial charge in [0.2, 0.25) is 5.91 Å². The Bertz CT molecular complexity index is 868. The molecule has 1 spiro atoms. The van der Waals surface area contributed by atoms with E-state index in [0.29, 0.717) is 18.5 Å². The van der Waals surface area contributed by atoms with Gasteiger partial charge in [-0.1, -0.05) is 0 Å². The zero-order valence-corrected chi connectivity index (χ0v) is 17.3. The molecule has 7 nitrogen and oxygen atoms in total. The minimum absolute atomic E-state index is 0.0623. The number of carbonyl (C=O) groups is 2. The topological polar surface area (TPSA) is 71.3 Å². The van der Waals surface area contributed by atoms with Crippen molar-refractivity contribution in [2.75, 3.05) is 19.6 Å². The van der Waals surface area contributed by atoms with Gasteiger partial charge in [0.05, 0.1) is 11.8 Å². The summed E-state index contributed by atoms with van der Waals surface area (Å²) in [6, 6.07) is 4.17. The summed E-state index contributed by atoms with van der Waals surface area (Å²) in [7, 11) is 0. The molecule has 2 fully saturated rings. The zero-order chi connectivity index (χ0) is 20.4. The highest BCUT2D eigenvalue weighted by Gasteiger charge is 2.41. The van der Waals surface area contributed by atoms with Crippen molar-refractivity contribution in [3.8, 4) is 0 Å². The van der Waals surface area contributed by atoms with Crippen LogP contribution in [0, 0.1) is 5.41 Å². The summed E-state index contributed by atoms with van der Waals surface area (Å²) in [4.78, 5) is 33.3. The van der Waals surface area contributed by atoms with Gasteiger partial charge in [-0.3, -0.25) is 19.3 Å². The molecular formula is C22H29N5O2. The van der Waals surface area contributed by atoms with Crippen molar-refractivity contribution in [2.45, 2.75) is 52.1 Å². The predicted octanol–water partition coefficient (Wildman–Crippen LogP) is 2.90. The van der Waals surface area contributed by atoms with Crippen LogP contribution in [0.3, 0.4) is 0 Å². The van der Waals surface area contributed by atoms with Crippen LogP contribution in [0.1, 0.15) is 61.5 Å². The molecule has 2 amide bonds. The Labute approximate surface area is 171 Å². The van der Waals surface area contributed by atoms with Crippen LogP contribution >= 0.6 is 0 Å². The van der Waals surface area contributed by atoms with E-state index in [-0.39, 0.29) is 23.3 Å². The second-order valence-electron chi connectivity index (χ2n) is 8.70. The third kappa shape index (κ3) is 4.18. The Morgan fingerprint density at radius 2 is 1.90 bits per heavy atom. The van der Waals surface area contributed by atoms with E-state index in [2.05, 4.69) is 10.1 Å². The minimum atomic E-state index is 0.0623. The van der Waals surface area contributed by atoms with Gasteiger partial charge < -0.3 is 9.80 Å². The first-order chi connectivity index (χ1) is 14.0. The van der Waals surface area contributed by atoms with E-state index in [1.165, 1.54) is 0 Å². The second-order valence-corrected chi connectivity index (χ2v) is 8.70. The van der Waals surface area contributed by atoms with E-state index >= 15 is 0 Å². The van der Waals surface area contributed by atoms with Gasteiger partial charge in [-0.15, -0.1) is 0 Å². The third-order valence-corrected chi connectivity index (χ3v) is 6.36. The first-order valence-electron chi connectivity index (χ1n) is 10.5. The van der Waals surface area contributed by atoms with Gasteiger partial charge in [-0.2, -0.15) is 5.10 Å². The number of aromatic nitrogens is 3. The Morgan fingerprint density at radius 1 is 1.17 bits per heavy atom. The van der Waals surface area contributed by atoms with Gasteiger partial charge in [-0.25, -0.2) is 0 Å². The van der Waals surface area contributed by atoms with Gasteiger partial charge in [0.25, 0.3) is 5.91 Å². The lowest BCUT2D eigenvalue weighted by atomic mass is 9.72. The molecule has 7 heteroatoms. The Hall–Kier alpha value is -2.70. The molecule has 154 valence electrons. The lowest BCUT2D eigenvalue weighted by molar-refractivity contribution is -0.139. The summed E-state index contributed by atoms with van der Waals surface area (Å²) in [5, 5.41) is 4.29. The average molecular weight is 396 g/mol. The van der Waals surface area contributed by atoms with E-state index in [9.17, 15) is 9.59 Å². The van der Waals surface area contributed by atoms with Crippen LogP contribution in [-0.4, -0.2) is 56.0 Å². The zero-order valence-electron chi connectivity index (χ0n) is 17.3. The number of amides is 2. The van der Waals surface area contributed by atoms with Crippen LogP contribution in [0.4, 0.5) is 0 Å². The van der Waals surface area contributed by atoms with E-state index in [0.717, 1.165) is 44.5 Å². The molecule has 2 saturated heterocycles. The van der Waals surface area contributed by atoms with Gasteiger partial charge in [0.15, 0.2) is 0 Å². The third-order valence-electron chi connectivity index (χ3n) is 6.36. The molecule has 0 bridgehead atoms. The number of hydrogen-bond acceptors (Lipinski definition) is 4. The number of likely N-dealkylation sites (tertiary alicyclic amines) is 2. The van der Waals surface area contributed by atoms with Gasteiger partial charge in [-0.05, 0) is 56.2 Å². The van der Waals surface area contributed by atoms with Crippen LogP contribution in [0.5, 0.6) is 0 Å². The number of pyridine rings is 1.